The molecular formula is C18H14F2N2O. The Bertz CT molecular complexity index is 790. The SMILES string of the molecule is Cc1cnc(-c2ccc(OC(F)F)c(-c3ccccc3)c2)cn1. The Morgan fingerprint density at radius 1 is 0.913 bits per heavy atom. The van der Waals surface area contributed by atoms with Crippen molar-refractivity contribution >= 4 is 0 Å². The molecule has 5 heteroatoms. The van der Waals surface area contributed by atoms with Gasteiger partial charge in [0, 0.05) is 17.3 Å². The van der Waals surface area contributed by atoms with Crippen LogP contribution in [0.2, 0.25) is 0 Å². The molecule has 3 rings (SSSR count). The zero-order valence-electron chi connectivity index (χ0n) is 12.4. The van der Waals surface area contributed by atoms with E-state index in [-0.39, 0.29) is 5.75 Å². The lowest BCUT2D eigenvalue weighted by molar-refractivity contribution is -0.0494. The van der Waals surface area contributed by atoms with Gasteiger partial charge in [-0.25, -0.2) is 0 Å². The van der Waals surface area contributed by atoms with Crippen molar-refractivity contribution < 1.29 is 13.5 Å². The van der Waals surface area contributed by atoms with E-state index in [9.17, 15) is 8.78 Å². The first kappa shape index (κ1) is 15.1. The molecule has 23 heavy (non-hydrogen) atoms. The lowest BCUT2D eigenvalue weighted by Gasteiger charge is -2.12. The summed E-state index contributed by atoms with van der Waals surface area (Å²) in [6.45, 7) is -1.02. The maximum atomic E-state index is 12.6. The first-order chi connectivity index (χ1) is 11.1. The number of alkyl halides is 2. The Morgan fingerprint density at radius 2 is 1.70 bits per heavy atom. The van der Waals surface area contributed by atoms with Crippen LogP contribution in [-0.4, -0.2) is 16.6 Å². The number of nitrogens with zero attached hydrogens (tertiary/aromatic N) is 2. The van der Waals surface area contributed by atoms with E-state index >= 15 is 0 Å². The van der Waals surface area contributed by atoms with Gasteiger partial charge in [0.15, 0.2) is 0 Å². The van der Waals surface area contributed by atoms with Gasteiger partial charge in [0.1, 0.15) is 5.75 Å². The molecule has 0 bridgehead atoms. The molecule has 0 aliphatic rings. The highest BCUT2D eigenvalue weighted by Gasteiger charge is 2.13. The summed E-state index contributed by atoms with van der Waals surface area (Å²) >= 11 is 0. The van der Waals surface area contributed by atoms with Gasteiger partial charge >= 0.3 is 6.61 Å². The van der Waals surface area contributed by atoms with Gasteiger partial charge in [0.05, 0.1) is 17.6 Å². The van der Waals surface area contributed by atoms with E-state index in [4.69, 9.17) is 0 Å². The topological polar surface area (TPSA) is 35.0 Å². The molecule has 116 valence electrons. The third kappa shape index (κ3) is 3.51. The van der Waals surface area contributed by atoms with Gasteiger partial charge in [-0.1, -0.05) is 30.3 Å². The van der Waals surface area contributed by atoms with Gasteiger partial charge in [-0.3, -0.25) is 9.97 Å². The smallest absolute Gasteiger partial charge is 0.387 e. The van der Waals surface area contributed by atoms with Crippen LogP contribution in [-0.2, 0) is 0 Å². The van der Waals surface area contributed by atoms with Gasteiger partial charge in [0.25, 0.3) is 0 Å². The third-order valence-corrected chi connectivity index (χ3v) is 3.36. The quantitative estimate of drug-likeness (QED) is 0.699. The fourth-order valence-electron chi connectivity index (χ4n) is 2.27. The molecule has 0 spiro atoms. The van der Waals surface area contributed by atoms with Gasteiger partial charge in [-0.05, 0) is 30.7 Å². The van der Waals surface area contributed by atoms with E-state index in [1.54, 1.807) is 24.5 Å². The zero-order chi connectivity index (χ0) is 16.2. The molecule has 3 aromatic rings. The summed E-state index contributed by atoms with van der Waals surface area (Å²) in [5, 5.41) is 0. The monoisotopic (exact) mass is 312 g/mol. The number of hydrogen-bond acceptors (Lipinski definition) is 3. The molecule has 1 heterocycles. The second kappa shape index (κ2) is 6.52. The van der Waals surface area contributed by atoms with Crippen LogP contribution in [0.3, 0.4) is 0 Å². The molecule has 2 aromatic carbocycles. The highest BCUT2D eigenvalue weighted by molar-refractivity contribution is 5.76. The molecule has 0 fully saturated rings. The predicted molar refractivity (Wildman–Crippen MR) is 84.3 cm³/mol. The predicted octanol–water partition coefficient (Wildman–Crippen LogP) is 4.72. The summed E-state index contributed by atoms with van der Waals surface area (Å²) in [6, 6.07) is 14.3. The second-order valence-corrected chi connectivity index (χ2v) is 5.00. The normalized spacial score (nSPS) is 10.8. The Hall–Kier alpha value is -2.82. The summed E-state index contributed by atoms with van der Waals surface area (Å²) in [4.78, 5) is 8.54. The van der Waals surface area contributed by atoms with Crippen molar-refractivity contribution in [3.8, 4) is 28.1 Å². The zero-order valence-corrected chi connectivity index (χ0v) is 12.4. The van der Waals surface area contributed by atoms with Crippen molar-refractivity contribution in [1.82, 2.24) is 9.97 Å². The van der Waals surface area contributed by atoms with Crippen LogP contribution < -0.4 is 4.74 Å². The number of halogens is 2. The maximum absolute atomic E-state index is 12.6. The average Bonchev–Trinajstić information content (AvgIpc) is 2.56. The molecule has 0 saturated heterocycles. The fourth-order valence-corrected chi connectivity index (χ4v) is 2.27. The number of rotatable bonds is 4. The standard InChI is InChI=1S/C18H14F2N2O/c1-12-10-22-16(11-21-12)14-7-8-17(23-18(19)20)15(9-14)13-5-3-2-4-6-13/h2-11,18H,1H3. The number of ether oxygens (including phenoxy) is 1. The Balaban J connectivity index is 2.09. The number of hydrogen-bond donors (Lipinski definition) is 0. The highest BCUT2D eigenvalue weighted by atomic mass is 19.3. The van der Waals surface area contributed by atoms with Crippen molar-refractivity contribution in [3.05, 3.63) is 66.6 Å². The van der Waals surface area contributed by atoms with E-state index in [0.717, 1.165) is 16.8 Å². The van der Waals surface area contributed by atoms with Crippen LogP contribution in [0.1, 0.15) is 5.69 Å². The molecule has 0 amide bonds. The van der Waals surface area contributed by atoms with Crippen LogP contribution in [0, 0.1) is 6.92 Å². The Labute approximate surface area is 132 Å². The minimum absolute atomic E-state index is 0.134. The molecule has 0 saturated carbocycles. The van der Waals surface area contributed by atoms with Crippen molar-refractivity contribution in [2.24, 2.45) is 0 Å². The minimum atomic E-state index is -2.87. The lowest BCUT2D eigenvalue weighted by Crippen LogP contribution is -2.03. The number of aryl methyl sites for hydroxylation is 1. The van der Waals surface area contributed by atoms with Gasteiger partial charge < -0.3 is 4.74 Å². The lowest BCUT2D eigenvalue weighted by atomic mass is 10.0. The Kier molecular flexibility index (Phi) is 4.28. The molecule has 0 aliphatic heterocycles. The molecular weight excluding hydrogens is 298 g/mol. The molecule has 0 atom stereocenters. The minimum Gasteiger partial charge on any atom is -0.434 e. The van der Waals surface area contributed by atoms with Crippen molar-refractivity contribution in [1.29, 1.82) is 0 Å². The summed E-state index contributed by atoms with van der Waals surface area (Å²) in [5.74, 6) is 0.134. The van der Waals surface area contributed by atoms with Crippen molar-refractivity contribution in [2.75, 3.05) is 0 Å². The number of aromatic nitrogens is 2. The first-order valence-corrected chi connectivity index (χ1v) is 7.07. The maximum Gasteiger partial charge on any atom is 0.387 e. The van der Waals surface area contributed by atoms with Gasteiger partial charge in [-0.15, -0.1) is 0 Å². The molecule has 0 N–H and O–H groups in total. The summed E-state index contributed by atoms with van der Waals surface area (Å²) in [5.41, 5.74) is 3.67. The fraction of sp³-hybridized carbons (Fsp3) is 0.111. The van der Waals surface area contributed by atoms with E-state index in [1.165, 1.54) is 6.07 Å². The summed E-state index contributed by atoms with van der Waals surface area (Å²) in [6.07, 6.45) is 3.33. The van der Waals surface area contributed by atoms with E-state index < -0.39 is 6.61 Å². The second-order valence-electron chi connectivity index (χ2n) is 5.00. The highest BCUT2D eigenvalue weighted by Crippen LogP contribution is 2.34. The summed E-state index contributed by atoms with van der Waals surface area (Å²) in [7, 11) is 0. The molecule has 0 unspecified atom stereocenters. The van der Waals surface area contributed by atoms with Crippen LogP contribution in [0.5, 0.6) is 5.75 Å². The number of benzene rings is 2. The van der Waals surface area contributed by atoms with E-state index in [1.807, 2.05) is 37.3 Å². The van der Waals surface area contributed by atoms with Gasteiger partial charge in [0.2, 0.25) is 0 Å². The average molecular weight is 312 g/mol. The van der Waals surface area contributed by atoms with Crippen molar-refractivity contribution in [2.45, 2.75) is 13.5 Å². The molecule has 1 aromatic heterocycles. The van der Waals surface area contributed by atoms with Crippen molar-refractivity contribution in [3.63, 3.8) is 0 Å². The first-order valence-electron chi connectivity index (χ1n) is 7.07. The van der Waals surface area contributed by atoms with Crippen LogP contribution in [0.15, 0.2) is 60.9 Å². The van der Waals surface area contributed by atoms with Crippen LogP contribution in [0.4, 0.5) is 8.78 Å². The van der Waals surface area contributed by atoms with Crippen LogP contribution in [0.25, 0.3) is 22.4 Å². The molecule has 3 nitrogen and oxygen atoms in total. The third-order valence-electron chi connectivity index (χ3n) is 3.36. The van der Waals surface area contributed by atoms with Crippen LogP contribution >= 0.6 is 0 Å². The molecule has 0 aliphatic carbocycles. The molecule has 0 radical (unpaired) electrons. The van der Waals surface area contributed by atoms with E-state index in [2.05, 4.69) is 14.7 Å². The largest absolute Gasteiger partial charge is 0.434 e. The Morgan fingerprint density at radius 3 is 2.35 bits per heavy atom. The van der Waals surface area contributed by atoms with Gasteiger partial charge in [-0.2, -0.15) is 8.78 Å². The summed E-state index contributed by atoms with van der Waals surface area (Å²) < 4.78 is 29.9. The van der Waals surface area contributed by atoms with E-state index in [0.29, 0.717) is 11.3 Å².